The first-order chi connectivity index (χ1) is 14.1. The Morgan fingerprint density at radius 2 is 1.93 bits per heavy atom. The predicted molar refractivity (Wildman–Crippen MR) is 119 cm³/mol. The molecule has 2 aromatic heterocycles. The molecule has 7 heteroatoms. The number of nitrogens with one attached hydrogen (secondary N) is 1. The lowest BCUT2D eigenvalue weighted by molar-refractivity contribution is -0.118. The van der Waals surface area contributed by atoms with E-state index in [0.29, 0.717) is 29.3 Å². The Morgan fingerprint density at radius 1 is 1.17 bits per heavy atom. The lowest BCUT2D eigenvalue weighted by Gasteiger charge is -2.12. The molecule has 1 aromatic carbocycles. The molecular formula is C22H28N4O2S. The molecule has 2 heterocycles. The summed E-state index contributed by atoms with van der Waals surface area (Å²) in [7, 11) is 1.88. The van der Waals surface area contributed by atoms with Crippen LogP contribution in [0.5, 0.6) is 0 Å². The number of aromatic nitrogens is 3. The fraction of sp³-hybridized carbons (Fsp3) is 0.409. The Hall–Kier alpha value is -2.54. The third-order valence-electron chi connectivity index (χ3n) is 4.76. The van der Waals surface area contributed by atoms with Crippen LogP contribution < -0.4 is 10.9 Å². The second-order valence-electron chi connectivity index (χ2n) is 7.06. The number of fused-ring (bicyclic) bond motifs is 1. The van der Waals surface area contributed by atoms with Gasteiger partial charge >= 0.3 is 0 Å². The largest absolute Gasteiger partial charge is 0.355 e. The number of nitrogens with zero attached hydrogens (tertiary/aromatic N) is 3. The van der Waals surface area contributed by atoms with Gasteiger partial charge in [0.15, 0.2) is 5.16 Å². The molecule has 154 valence electrons. The minimum atomic E-state index is -0.0598. The number of aryl methyl sites for hydroxylation is 1. The molecule has 0 aliphatic heterocycles. The van der Waals surface area contributed by atoms with E-state index in [1.807, 2.05) is 55.1 Å². The van der Waals surface area contributed by atoms with E-state index in [0.717, 1.165) is 30.4 Å². The van der Waals surface area contributed by atoms with Crippen molar-refractivity contribution in [1.82, 2.24) is 19.4 Å². The topological polar surface area (TPSA) is 68.9 Å². The summed E-state index contributed by atoms with van der Waals surface area (Å²) in [6, 6.07) is 9.95. The number of hydrogen-bond acceptors (Lipinski definition) is 4. The first-order valence-corrected chi connectivity index (χ1v) is 11.1. The van der Waals surface area contributed by atoms with E-state index >= 15 is 0 Å². The number of unbranched alkanes of at least 4 members (excludes halogenated alkanes) is 1. The SMILES string of the molecule is CCCCNC(=O)CSc1nc2c(-c3ccccc3)cn(C)c2c(=O)n1CCC. The van der Waals surface area contributed by atoms with Crippen LogP contribution >= 0.6 is 11.8 Å². The van der Waals surface area contributed by atoms with Gasteiger partial charge in [0.2, 0.25) is 5.91 Å². The maximum atomic E-state index is 13.2. The number of hydrogen-bond donors (Lipinski definition) is 1. The van der Waals surface area contributed by atoms with Gasteiger partial charge in [-0.3, -0.25) is 14.2 Å². The summed E-state index contributed by atoms with van der Waals surface area (Å²) >= 11 is 1.33. The molecule has 0 spiro atoms. The van der Waals surface area contributed by atoms with Crippen LogP contribution in [0.2, 0.25) is 0 Å². The molecule has 0 atom stereocenters. The van der Waals surface area contributed by atoms with Crippen LogP contribution in [-0.4, -0.2) is 32.3 Å². The number of benzene rings is 1. The van der Waals surface area contributed by atoms with E-state index in [4.69, 9.17) is 4.98 Å². The quantitative estimate of drug-likeness (QED) is 0.330. The Kier molecular flexibility index (Phi) is 7.14. The van der Waals surface area contributed by atoms with Gasteiger partial charge in [0, 0.05) is 31.9 Å². The van der Waals surface area contributed by atoms with Gasteiger partial charge in [0.25, 0.3) is 5.56 Å². The maximum absolute atomic E-state index is 13.2. The zero-order valence-electron chi connectivity index (χ0n) is 17.3. The molecule has 0 radical (unpaired) electrons. The first kappa shape index (κ1) is 21.2. The summed E-state index contributed by atoms with van der Waals surface area (Å²) in [4.78, 5) is 30.2. The van der Waals surface area contributed by atoms with Gasteiger partial charge in [-0.15, -0.1) is 0 Å². The van der Waals surface area contributed by atoms with Crippen LogP contribution in [0.3, 0.4) is 0 Å². The molecule has 1 amide bonds. The monoisotopic (exact) mass is 412 g/mol. The number of amides is 1. The Morgan fingerprint density at radius 3 is 2.62 bits per heavy atom. The lowest BCUT2D eigenvalue weighted by Crippen LogP contribution is -2.28. The standard InChI is InChI=1S/C22H28N4O2S/c1-4-6-12-23-18(27)15-29-22-24-19-17(16-10-8-7-9-11-16)14-25(3)20(19)21(28)26(22)13-5-2/h7-11,14H,4-6,12-13,15H2,1-3H3,(H,23,27). The van der Waals surface area contributed by atoms with Gasteiger partial charge in [-0.2, -0.15) is 0 Å². The molecule has 0 unspecified atom stereocenters. The summed E-state index contributed by atoms with van der Waals surface area (Å²) < 4.78 is 3.55. The van der Waals surface area contributed by atoms with Crippen molar-refractivity contribution in [3.63, 3.8) is 0 Å². The molecule has 0 saturated heterocycles. The number of thioether (sulfide) groups is 1. The van der Waals surface area contributed by atoms with E-state index in [1.54, 1.807) is 4.57 Å². The van der Waals surface area contributed by atoms with Crippen molar-refractivity contribution in [2.45, 2.75) is 44.8 Å². The summed E-state index contributed by atoms with van der Waals surface area (Å²) in [5, 5.41) is 3.52. The van der Waals surface area contributed by atoms with Gasteiger partial charge < -0.3 is 9.88 Å². The number of carbonyl (C=O) groups excluding carboxylic acids is 1. The molecule has 1 N–H and O–H groups in total. The molecule has 0 saturated carbocycles. The third kappa shape index (κ3) is 4.72. The van der Waals surface area contributed by atoms with Crippen LogP contribution in [0, 0.1) is 0 Å². The highest BCUT2D eigenvalue weighted by atomic mass is 32.2. The Labute approximate surface area is 175 Å². The molecule has 6 nitrogen and oxygen atoms in total. The van der Waals surface area contributed by atoms with Crippen molar-refractivity contribution in [2.75, 3.05) is 12.3 Å². The van der Waals surface area contributed by atoms with Crippen molar-refractivity contribution >= 4 is 28.7 Å². The molecule has 3 rings (SSSR count). The Balaban J connectivity index is 2.00. The van der Waals surface area contributed by atoms with Gasteiger partial charge in [0.05, 0.1) is 5.75 Å². The maximum Gasteiger partial charge on any atom is 0.278 e. The van der Waals surface area contributed by atoms with Crippen LogP contribution in [0.4, 0.5) is 0 Å². The van der Waals surface area contributed by atoms with E-state index in [1.165, 1.54) is 11.8 Å². The van der Waals surface area contributed by atoms with Gasteiger partial charge in [-0.1, -0.05) is 62.4 Å². The molecule has 0 fully saturated rings. The first-order valence-electron chi connectivity index (χ1n) is 10.1. The number of carbonyl (C=O) groups is 1. The summed E-state index contributed by atoms with van der Waals surface area (Å²) in [6.45, 7) is 5.38. The van der Waals surface area contributed by atoms with Crippen LogP contribution in [-0.2, 0) is 18.4 Å². The molecule has 3 aromatic rings. The van der Waals surface area contributed by atoms with Crippen LogP contribution in [0.15, 0.2) is 46.5 Å². The third-order valence-corrected chi connectivity index (χ3v) is 5.73. The average molecular weight is 413 g/mol. The highest BCUT2D eigenvalue weighted by Crippen LogP contribution is 2.29. The molecular weight excluding hydrogens is 384 g/mol. The zero-order chi connectivity index (χ0) is 20.8. The Bertz CT molecular complexity index is 1040. The fourth-order valence-electron chi connectivity index (χ4n) is 3.30. The predicted octanol–water partition coefficient (Wildman–Crippen LogP) is 3.82. The highest BCUT2D eigenvalue weighted by Gasteiger charge is 2.19. The fourth-order valence-corrected chi connectivity index (χ4v) is 4.14. The second-order valence-corrected chi connectivity index (χ2v) is 8.00. The summed E-state index contributed by atoms with van der Waals surface area (Å²) in [6.07, 6.45) is 4.78. The van der Waals surface area contributed by atoms with Crippen LogP contribution in [0.1, 0.15) is 33.1 Å². The van der Waals surface area contributed by atoms with Crippen molar-refractivity contribution < 1.29 is 4.79 Å². The molecule has 0 aliphatic rings. The zero-order valence-corrected chi connectivity index (χ0v) is 18.1. The minimum Gasteiger partial charge on any atom is -0.355 e. The smallest absolute Gasteiger partial charge is 0.278 e. The minimum absolute atomic E-state index is 0.0304. The van der Waals surface area contributed by atoms with Crippen molar-refractivity contribution in [3.8, 4) is 11.1 Å². The van der Waals surface area contributed by atoms with Gasteiger partial charge in [-0.05, 0) is 18.4 Å². The second kappa shape index (κ2) is 9.78. The lowest BCUT2D eigenvalue weighted by atomic mass is 10.1. The van der Waals surface area contributed by atoms with E-state index in [9.17, 15) is 9.59 Å². The normalized spacial score (nSPS) is 11.1. The van der Waals surface area contributed by atoms with Crippen molar-refractivity contribution in [2.24, 2.45) is 7.05 Å². The molecule has 29 heavy (non-hydrogen) atoms. The van der Waals surface area contributed by atoms with E-state index < -0.39 is 0 Å². The summed E-state index contributed by atoms with van der Waals surface area (Å²) in [5.41, 5.74) is 3.17. The van der Waals surface area contributed by atoms with Crippen molar-refractivity contribution in [3.05, 3.63) is 46.9 Å². The van der Waals surface area contributed by atoms with Gasteiger partial charge in [0.1, 0.15) is 11.0 Å². The number of rotatable bonds is 9. The molecule has 0 aliphatic carbocycles. The van der Waals surface area contributed by atoms with E-state index in [-0.39, 0.29) is 17.2 Å². The van der Waals surface area contributed by atoms with Gasteiger partial charge in [-0.25, -0.2) is 4.98 Å². The van der Waals surface area contributed by atoms with Crippen LogP contribution in [0.25, 0.3) is 22.2 Å². The van der Waals surface area contributed by atoms with E-state index in [2.05, 4.69) is 12.2 Å². The van der Waals surface area contributed by atoms with Crippen molar-refractivity contribution in [1.29, 1.82) is 0 Å². The molecule has 0 bridgehead atoms. The highest BCUT2D eigenvalue weighted by molar-refractivity contribution is 7.99. The summed E-state index contributed by atoms with van der Waals surface area (Å²) in [5.74, 6) is 0.219. The average Bonchev–Trinajstić information content (AvgIpc) is 3.06.